The maximum atomic E-state index is 3.08. The van der Waals surface area contributed by atoms with E-state index in [-0.39, 0.29) is 0 Å². The predicted molar refractivity (Wildman–Crippen MR) is 29.2 cm³/mol. The zero-order chi connectivity index (χ0) is 5.28. The van der Waals surface area contributed by atoms with Crippen LogP contribution in [0.1, 0.15) is 6.92 Å². The minimum Gasteiger partial charge on any atom is -0.250 e. The summed E-state index contributed by atoms with van der Waals surface area (Å²) in [4.78, 5) is 0. The smallest absolute Gasteiger partial charge is 0.0423 e. The molecule has 0 aromatic rings. The van der Waals surface area contributed by atoms with E-state index in [0.717, 1.165) is 6.54 Å². The molecule has 1 aliphatic heterocycles. The zero-order valence-corrected chi connectivity index (χ0v) is 4.81. The first-order chi connectivity index (χ1) is 3.29. The minimum absolute atomic E-state index is 0.713. The predicted octanol–water partition coefficient (Wildman–Crippen LogP) is 0.234. The van der Waals surface area contributed by atoms with Gasteiger partial charge in [-0.3, -0.25) is 5.43 Å². The van der Waals surface area contributed by atoms with Gasteiger partial charge in [0.1, 0.15) is 0 Å². The average Bonchev–Trinajstić information content (AvgIpc) is 1.87. The molecule has 0 bridgehead atoms. The van der Waals surface area contributed by atoms with Crippen molar-refractivity contribution in [2.24, 2.45) is 5.92 Å². The molecule has 1 aliphatic rings. The molecule has 1 rings (SSSR count). The molecule has 0 saturated carbocycles. The molecule has 1 N–H and O–H groups in total. The third-order valence-corrected chi connectivity index (χ3v) is 1.14. The summed E-state index contributed by atoms with van der Waals surface area (Å²) >= 11 is 0. The summed E-state index contributed by atoms with van der Waals surface area (Å²) in [6.07, 6.45) is 0. The second-order valence-electron chi connectivity index (χ2n) is 2.15. The Morgan fingerprint density at radius 3 is 2.71 bits per heavy atom. The lowest BCUT2D eigenvalue weighted by atomic mass is 10.2. The van der Waals surface area contributed by atoms with Gasteiger partial charge in [0.25, 0.3) is 0 Å². The van der Waals surface area contributed by atoms with Crippen LogP contribution in [0.15, 0.2) is 0 Å². The monoisotopic (exact) mass is 99.1 g/mol. The van der Waals surface area contributed by atoms with Crippen LogP contribution in [0.4, 0.5) is 0 Å². The Labute approximate surface area is 44.5 Å². The Bertz CT molecular complexity index is 55.1. The standard InChI is InChI=1S/C5H11N2/c1-5-3-6-7(2)4-5/h3,5-6H,4H2,1-2H3. The van der Waals surface area contributed by atoms with Gasteiger partial charge < -0.3 is 0 Å². The van der Waals surface area contributed by atoms with Crippen LogP contribution in [0.2, 0.25) is 0 Å². The van der Waals surface area contributed by atoms with E-state index in [2.05, 4.69) is 23.9 Å². The summed E-state index contributed by atoms with van der Waals surface area (Å²) in [6, 6.07) is 0. The number of nitrogens with one attached hydrogen (secondary N) is 1. The minimum atomic E-state index is 0.713. The fourth-order valence-corrected chi connectivity index (χ4v) is 0.792. The highest BCUT2D eigenvalue weighted by atomic mass is 15.5. The van der Waals surface area contributed by atoms with Crippen molar-refractivity contribution in [2.75, 3.05) is 13.6 Å². The van der Waals surface area contributed by atoms with Crippen molar-refractivity contribution < 1.29 is 0 Å². The highest BCUT2D eigenvalue weighted by Crippen LogP contribution is 2.04. The van der Waals surface area contributed by atoms with Crippen molar-refractivity contribution >= 4 is 0 Å². The molecule has 0 spiro atoms. The van der Waals surface area contributed by atoms with Gasteiger partial charge >= 0.3 is 0 Å². The molecule has 0 aromatic carbocycles. The van der Waals surface area contributed by atoms with Crippen molar-refractivity contribution in [1.29, 1.82) is 0 Å². The third-order valence-electron chi connectivity index (χ3n) is 1.14. The first kappa shape index (κ1) is 5.06. The van der Waals surface area contributed by atoms with Crippen LogP contribution in [0, 0.1) is 12.5 Å². The Hall–Kier alpha value is -0.0800. The molecule has 41 valence electrons. The molecule has 1 fully saturated rings. The van der Waals surface area contributed by atoms with Gasteiger partial charge in [-0.05, 0) is 5.92 Å². The molecule has 0 amide bonds. The lowest BCUT2D eigenvalue weighted by Crippen LogP contribution is -2.23. The van der Waals surface area contributed by atoms with Crippen LogP contribution >= 0.6 is 0 Å². The molecule has 0 aromatic heterocycles. The Balaban J connectivity index is 2.26. The van der Waals surface area contributed by atoms with Crippen molar-refractivity contribution in [3.8, 4) is 0 Å². The molecular weight excluding hydrogens is 88.1 g/mol. The van der Waals surface area contributed by atoms with Crippen molar-refractivity contribution in [1.82, 2.24) is 10.4 Å². The maximum absolute atomic E-state index is 3.08. The van der Waals surface area contributed by atoms with E-state index in [1.54, 1.807) is 0 Å². The molecule has 1 heterocycles. The SMILES string of the molecule is CC1[CH]NN(C)C1. The number of hydrazine groups is 1. The van der Waals surface area contributed by atoms with Gasteiger partial charge in [-0.15, -0.1) is 0 Å². The molecular formula is C5H11N2. The van der Waals surface area contributed by atoms with E-state index in [4.69, 9.17) is 0 Å². The molecule has 2 nitrogen and oxygen atoms in total. The average molecular weight is 99.2 g/mol. The zero-order valence-electron chi connectivity index (χ0n) is 4.81. The van der Waals surface area contributed by atoms with Gasteiger partial charge in [0.15, 0.2) is 0 Å². The summed E-state index contributed by atoms with van der Waals surface area (Å²) in [6.45, 7) is 5.43. The second-order valence-corrected chi connectivity index (χ2v) is 2.15. The molecule has 1 unspecified atom stereocenters. The van der Waals surface area contributed by atoms with Gasteiger partial charge in [-0.2, -0.15) is 0 Å². The van der Waals surface area contributed by atoms with Crippen LogP contribution in [-0.4, -0.2) is 18.6 Å². The van der Waals surface area contributed by atoms with Gasteiger partial charge in [0, 0.05) is 20.1 Å². The van der Waals surface area contributed by atoms with Crippen molar-refractivity contribution in [2.45, 2.75) is 6.92 Å². The number of hydrogen-bond acceptors (Lipinski definition) is 2. The van der Waals surface area contributed by atoms with Crippen LogP contribution in [0.3, 0.4) is 0 Å². The quantitative estimate of drug-likeness (QED) is 0.468. The Morgan fingerprint density at radius 2 is 2.57 bits per heavy atom. The highest BCUT2D eigenvalue weighted by Gasteiger charge is 2.12. The number of nitrogens with zero attached hydrogens (tertiary/aromatic N) is 1. The van der Waals surface area contributed by atoms with E-state index in [9.17, 15) is 0 Å². The molecule has 1 saturated heterocycles. The van der Waals surface area contributed by atoms with Gasteiger partial charge in [-0.25, -0.2) is 5.01 Å². The van der Waals surface area contributed by atoms with E-state index < -0.39 is 0 Å². The maximum Gasteiger partial charge on any atom is 0.0423 e. The number of hydrogen-bond donors (Lipinski definition) is 1. The Kier molecular flexibility index (Phi) is 1.30. The van der Waals surface area contributed by atoms with Crippen LogP contribution < -0.4 is 5.43 Å². The van der Waals surface area contributed by atoms with E-state index >= 15 is 0 Å². The first-order valence-corrected chi connectivity index (χ1v) is 2.59. The van der Waals surface area contributed by atoms with Crippen LogP contribution in [0.5, 0.6) is 0 Å². The summed E-state index contributed by atoms with van der Waals surface area (Å²) in [5, 5.41) is 2.07. The van der Waals surface area contributed by atoms with E-state index in [1.165, 1.54) is 0 Å². The lowest BCUT2D eigenvalue weighted by Gasteiger charge is -2.03. The van der Waals surface area contributed by atoms with Crippen LogP contribution in [0.25, 0.3) is 0 Å². The molecule has 1 radical (unpaired) electrons. The fraction of sp³-hybridized carbons (Fsp3) is 0.800. The largest absolute Gasteiger partial charge is 0.250 e. The Morgan fingerprint density at radius 1 is 1.86 bits per heavy atom. The molecule has 7 heavy (non-hydrogen) atoms. The third kappa shape index (κ3) is 1.14. The lowest BCUT2D eigenvalue weighted by molar-refractivity contribution is 0.318. The highest BCUT2D eigenvalue weighted by molar-refractivity contribution is 4.76. The molecule has 1 atom stereocenters. The van der Waals surface area contributed by atoms with Crippen molar-refractivity contribution in [3.05, 3.63) is 6.54 Å². The van der Waals surface area contributed by atoms with E-state index in [0.29, 0.717) is 5.92 Å². The van der Waals surface area contributed by atoms with E-state index in [1.807, 2.05) is 7.05 Å². The fourth-order valence-electron chi connectivity index (χ4n) is 0.792. The van der Waals surface area contributed by atoms with Gasteiger partial charge in [0.05, 0.1) is 0 Å². The summed E-state index contributed by atoms with van der Waals surface area (Å²) in [5.41, 5.74) is 3.08. The number of rotatable bonds is 0. The molecule has 0 aliphatic carbocycles. The summed E-state index contributed by atoms with van der Waals surface area (Å²) in [5.74, 6) is 0.713. The van der Waals surface area contributed by atoms with Gasteiger partial charge in [-0.1, -0.05) is 6.92 Å². The van der Waals surface area contributed by atoms with Crippen LogP contribution in [-0.2, 0) is 0 Å². The summed E-state index contributed by atoms with van der Waals surface area (Å²) in [7, 11) is 2.04. The van der Waals surface area contributed by atoms with Gasteiger partial charge in [0.2, 0.25) is 0 Å². The second kappa shape index (κ2) is 1.80. The normalized spacial score (nSPS) is 34.3. The first-order valence-electron chi connectivity index (χ1n) is 2.59. The molecule has 2 heteroatoms. The topological polar surface area (TPSA) is 15.3 Å². The van der Waals surface area contributed by atoms with Crippen molar-refractivity contribution in [3.63, 3.8) is 0 Å². The summed E-state index contributed by atoms with van der Waals surface area (Å²) < 4.78 is 0.